The summed E-state index contributed by atoms with van der Waals surface area (Å²) in [4.78, 5) is 16.8. The van der Waals surface area contributed by atoms with Crippen molar-refractivity contribution in [2.45, 2.75) is 25.7 Å². The highest BCUT2D eigenvalue weighted by molar-refractivity contribution is 5.94. The summed E-state index contributed by atoms with van der Waals surface area (Å²) < 4.78 is 75.5. The van der Waals surface area contributed by atoms with E-state index in [1.54, 1.807) is 0 Å². The van der Waals surface area contributed by atoms with Crippen LogP contribution >= 0.6 is 0 Å². The van der Waals surface area contributed by atoms with Gasteiger partial charge in [-0.05, 0) is 18.2 Å². The Morgan fingerprint density at radius 3 is 2.44 bits per heavy atom. The van der Waals surface area contributed by atoms with Gasteiger partial charge in [0, 0.05) is 36.4 Å². The second-order valence-corrected chi connectivity index (χ2v) is 7.28. The molecule has 210 valence electrons. The Balaban J connectivity index is 0.00000181. The highest BCUT2D eigenvalue weighted by Crippen LogP contribution is 2.36. The third-order valence-corrected chi connectivity index (χ3v) is 4.88. The van der Waals surface area contributed by atoms with Crippen LogP contribution in [0.3, 0.4) is 0 Å². The summed E-state index contributed by atoms with van der Waals surface area (Å²) in [6.45, 7) is -0.496. The van der Waals surface area contributed by atoms with E-state index in [0.717, 1.165) is 25.3 Å². The van der Waals surface area contributed by atoms with Crippen molar-refractivity contribution in [3.05, 3.63) is 70.6 Å². The number of aromatic nitrogens is 1. The van der Waals surface area contributed by atoms with Gasteiger partial charge in [-0.3, -0.25) is 4.79 Å². The average molecular weight is 555 g/mol. The van der Waals surface area contributed by atoms with Crippen molar-refractivity contribution >= 4 is 17.7 Å². The topological polar surface area (TPSA) is 137 Å². The predicted molar refractivity (Wildman–Crippen MR) is 136 cm³/mol. The molecule has 0 atom stereocenters. The van der Waals surface area contributed by atoms with Gasteiger partial charge in [0.2, 0.25) is 5.89 Å². The average Bonchev–Trinajstić information content (AvgIpc) is 3.35. The van der Waals surface area contributed by atoms with Crippen molar-refractivity contribution in [3.8, 4) is 30.1 Å². The van der Waals surface area contributed by atoms with Crippen LogP contribution in [-0.4, -0.2) is 36.4 Å². The van der Waals surface area contributed by atoms with Gasteiger partial charge in [-0.15, -0.1) is 12.8 Å². The molecule has 0 aliphatic rings. The molecule has 6 N–H and O–H groups in total. The summed E-state index contributed by atoms with van der Waals surface area (Å²) in [7, 11) is 2.35. The van der Waals surface area contributed by atoms with E-state index in [9.17, 15) is 26.7 Å². The number of nitrogen functional groups attached to an aromatic ring is 1. The van der Waals surface area contributed by atoms with Crippen LogP contribution < -0.4 is 21.5 Å². The molecule has 1 heterocycles. The zero-order valence-corrected chi connectivity index (χ0v) is 21.0. The molecule has 0 fully saturated rings. The Labute approximate surface area is 221 Å². The van der Waals surface area contributed by atoms with Crippen molar-refractivity contribution in [2.75, 3.05) is 20.0 Å². The number of nitrogens with two attached hydrogens (primary N) is 2. The summed E-state index contributed by atoms with van der Waals surface area (Å²) in [5, 5.41) is 9.45. The van der Waals surface area contributed by atoms with Crippen LogP contribution in [0.1, 0.15) is 33.8 Å². The SMILES string of the molecule is C#C.CO.COc1ccc(-c2nc(C(=O)NCc3ccc(F)cc3F)c(CN)o2)c(/C=C\CC(F)(F)F)c1N. The minimum absolute atomic E-state index is 0.0170. The lowest BCUT2D eigenvalue weighted by Crippen LogP contribution is -2.25. The minimum Gasteiger partial charge on any atom is -0.495 e. The zero-order valence-electron chi connectivity index (χ0n) is 21.0. The van der Waals surface area contributed by atoms with E-state index in [4.69, 9.17) is 25.7 Å². The molecule has 3 rings (SSSR count). The van der Waals surface area contributed by atoms with Gasteiger partial charge in [-0.2, -0.15) is 13.2 Å². The molecular weight excluding hydrogens is 527 g/mol. The number of ether oxygens (including phenoxy) is 1. The Kier molecular flexibility index (Phi) is 12.6. The van der Waals surface area contributed by atoms with Crippen LogP contribution in [0.2, 0.25) is 0 Å². The number of carbonyl (C=O) groups excluding carboxylic acids is 1. The number of hydrogen-bond acceptors (Lipinski definition) is 7. The first-order chi connectivity index (χ1) is 18.5. The number of benzene rings is 2. The maximum absolute atomic E-state index is 13.8. The first-order valence-electron chi connectivity index (χ1n) is 10.9. The smallest absolute Gasteiger partial charge is 0.392 e. The monoisotopic (exact) mass is 554 g/mol. The van der Waals surface area contributed by atoms with Gasteiger partial charge < -0.3 is 31.0 Å². The third-order valence-electron chi connectivity index (χ3n) is 4.88. The van der Waals surface area contributed by atoms with Crippen LogP contribution in [0.4, 0.5) is 27.6 Å². The van der Waals surface area contributed by atoms with E-state index in [1.807, 2.05) is 0 Å². The lowest BCUT2D eigenvalue weighted by Gasteiger charge is -2.11. The Morgan fingerprint density at radius 2 is 1.87 bits per heavy atom. The van der Waals surface area contributed by atoms with E-state index in [-0.39, 0.29) is 58.6 Å². The first kappa shape index (κ1) is 32.6. The number of oxazole rings is 1. The maximum Gasteiger partial charge on any atom is 0.392 e. The molecule has 2 aromatic carbocycles. The van der Waals surface area contributed by atoms with Crippen molar-refractivity contribution in [1.29, 1.82) is 0 Å². The predicted octanol–water partition coefficient (Wildman–Crippen LogP) is 4.42. The molecule has 0 aliphatic carbocycles. The Morgan fingerprint density at radius 1 is 1.21 bits per heavy atom. The molecule has 0 bridgehead atoms. The quantitative estimate of drug-likeness (QED) is 0.184. The molecule has 0 aliphatic heterocycles. The number of rotatable bonds is 8. The van der Waals surface area contributed by atoms with E-state index >= 15 is 0 Å². The molecule has 8 nitrogen and oxygen atoms in total. The van der Waals surface area contributed by atoms with Gasteiger partial charge in [0.25, 0.3) is 5.91 Å². The largest absolute Gasteiger partial charge is 0.495 e. The molecule has 39 heavy (non-hydrogen) atoms. The Bertz CT molecular complexity index is 1300. The number of hydrogen-bond donors (Lipinski definition) is 4. The summed E-state index contributed by atoms with van der Waals surface area (Å²) >= 11 is 0. The second-order valence-electron chi connectivity index (χ2n) is 7.28. The fourth-order valence-electron chi connectivity index (χ4n) is 3.18. The third kappa shape index (κ3) is 8.84. The molecule has 0 saturated heterocycles. The van der Waals surface area contributed by atoms with Crippen LogP contribution in [0, 0.1) is 24.5 Å². The number of anilines is 1. The lowest BCUT2D eigenvalue weighted by atomic mass is 10.0. The van der Waals surface area contributed by atoms with Crippen molar-refractivity contribution in [3.63, 3.8) is 0 Å². The zero-order chi connectivity index (χ0) is 29.8. The number of aliphatic hydroxyl groups is 1. The number of allylic oxidation sites excluding steroid dienone is 1. The molecule has 1 amide bonds. The van der Waals surface area contributed by atoms with Crippen molar-refractivity contribution in [1.82, 2.24) is 10.3 Å². The normalized spacial score (nSPS) is 10.7. The summed E-state index contributed by atoms with van der Waals surface area (Å²) in [6.07, 6.45) is 4.42. The van der Waals surface area contributed by atoms with E-state index in [2.05, 4.69) is 23.1 Å². The number of halogens is 5. The number of nitrogens with zero attached hydrogens (tertiary/aromatic N) is 1. The highest BCUT2D eigenvalue weighted by Gasteiger charge is 2.26. The van der Waals surface area contributed by atoms with Gasteiger partial charge in [0.05, 0.1) is 25.8 Å². The molecule has 0 unspecified atom stereocenters. The summed E-state index contributed by atoms with van der Waals surface area (Å²) in [5.74, 6) is -2.27. The van der Waals surface area contributed by atoms with Gasteiger partial charge in [-0.25, -0.2) is 13.8 Å². The molecule has 13 heteroatoms. The molecule has 3 aromatic rings. The van der Waals surface area contributed by atoms with E-state index in [1.165, 1.54) is 25.3 Å². The number of carbonyl (C=O) groups is 1. The number of alkyl halides is 3. The minimum atomic E-state index is -4.42. The fraction of sp³-hybridized carbons (Fsp3) is 0.231. The van der Waals surface area contributed by atoms with Crippen molar-refractivity contribution in [2.24, 2.45) is 5.73 Å². The first-order valence-corrected chi connectivity index (χ1v) is 10.9. The van der Waals surface area contributed by atoms with Gasteiger partial charge in [-0.1, -0.05) is 18.2 Å². The summed E-state index contributed by atoms with van der Waals surface area (Å²) in [5.41, 5.74) is 11.9. The second kappa shape index (κ2) is 15.1. The molecule has 0 saturated carbocycles. The molecule has 0 radical (unpaired) electrons. The number of amides is 1. The number of terminal acetylenes is 1. The molecular formula is C26H27F5N4O4. The van der Waals surface area contributed by atoms with Crippen molar-refractivity contribution < 1.29 is 41.0 Å². The number of nitrogens with one attached hydrogen (secondary N) is 1. The van der Waals surface area contributed by atoms with Gasteiger partial charge in [0.1, 0.15) is 17.4 Å². The number of methoxy groups -OCH3 is 1. The fourth-order valence-corrected chi connectivity index (χ4v) is 3.18. The molecule has 0 spiro atoms. The number of aliphatic hydroxyl groups excluding tert-OH is 1. The Hall–Kier alpha value is -4.41. The van der Waals surface area contributed by atoms with Crippen LogP contribution in [0.25, 0.3) is 17.5 Å². The van der Waals surface area contributed by atoms with Crippen LogP contribution in [-0.2, 0) is 13.1 Å². The molecule has 1 aromatic heterocycles. The van der Waals surface area contributed by atoms with Crippen LogP contribution in [0.5, 0.6) is 5.75 Å². The van der Waals surface area contributed by atoms with Gasteiger partial charge in [0.15, 0.2) is 11.5 Å². The van der Waals surface area contributed by atoms with E-state index < -0.39 is 30.1 Å². The van der Waals surface area contributed by atoms with E-state index in [0.29, 0.717) is 6.07 Å². The lowest BCUT2D eigenvalue weighted by molar-refractivity contribution is -0.124. The van der Waals surface area contributed by atoms with Crippen LogP contribution in [0.15, 0.2) is 40.8 Å². The summed E-state index contributed by atoms with van der Waals surface area (Å²) in [6, 6.07) is 5.84. The van der Waals surface area contributed by atoms with Gasteiger partial charge >= 0.3 is 6.18 Å². The highest BCUT2D eigenvalue weighted by atomic mass is 19.4. The maximum atomic E-state index is 13.8. The standard InChI is InChI=1S/C23H21F5N4O3.C2H2.CH4O/c1-34-17-7-6-15(14(19(17)30)3-2-8-23(26,27)28)22-32-20(18(10-29)35-22)21(33)31-11-12-4-5-13(24)9-16(12)25;2*1-2/h2-7,9H,8,10-11,29-30H2,1H3,(H,31,33);1-2H;2H,1H3/b3-2-;;.